The third kappa shape index (κ3) is 14.9. The highest BCUT2D eigenvalue weighted by molar-refractivity contribution is 5.69. The van der Waals surface area contributed by atoms with Gasteiger partial charge in [-0.05, 0) is 19.3 Å². The Morgan fingerprint density at radius 2 is 1.35 bits per heavy atom. The highest BCUT2D eigenvalue weighted by Crippen LogP contribution is 2.07. The van der Waals surface area contributed by atoms with Crippen molar-refractivity contribution >= 4 is 11.9 Å². The molecule has 0 aromatic carbocycles. The van der Waals surface area contributed by atoms with Crippen LogP contribution in [0.2, 0.25) is 0 Å². The summed E-state index contributed by atoms with van der Waals surface area (Å²) in [6.45, 7) is 2.51. The predicted octanol–water partition coefficient (Wildman–Crippen LogP) is 2.37. The molecule has 0 aromatic heterocycles. The van der Waals surface area contributed by atoms with Crippen molar-refractivity contribution < 1.29 is 24.2 Å². The van der Waals surface area contributed by atoms with E-state index in [1.54, 1.807) is 0 Å². The molecule has 0 saturated heterocycles. The van der Waals surface area contributed by atoms with E-state index in [0.29, 0.717) is 19.4 Å². The van der Waals surface area contributed by atoms with Crippen LogP contribution in [0, 0.1) is 0 Å². The first-order valence-corrected chi connectivity index (χ1v) is 7.12. The predicted molar refractivity (Wildman–Crippen MR) is 76.6 cm³/mol. The van der Waals surface area contributed by atoms with Crippen LogP contribution < -0.4 is 6.15 Å². The zero-order valence-electron chi connectivity index (χ0n) is 12.6. The number of hydrogen-bond acceptors (Lipinski definition) is 6. The molecule has 0 aliphatic heterocycles. The van der Waals surface area contributed by atoms with Crippen LogP contribution in [0.5, 0.6) is 0 Å². The molecule has 4 N–H and O–H groups in total. The minimum absolute atomic E-state index is 0. The molecule has 6 heteroatoms. The summed E-state index contributed by atoms with van der Waals surface area (Å²) in [6, 6.07) is 0. The third-order valence-electron chi connectivity index (χ3n) is 2.63. The Labute approximate surface area is 121 Å². The minimum atomic E-state index is -0.270. The van der Waals surface area contributed by atoms with Crippen molar-refractivity contribution in [3.8, 4) is 0 Å². The number of carbonyl (C=O) groups excluding carboxylic acids is 2. The average Bonchev–Trinajstić information content (AvgIpc) is 2.40. The Balaban J connectivity index is 0. The fraction of sp³-hybridized carbons (Fsp3) is 0.857. The molecule has 0 aliphatic rings. The molecule has 0 heterocycles. The molecule has 0 amide bonds. The molecule has 0 bridgehead atoms. The van der Waals surface area contributed by atoms with E-state index in [9.17, 15) is 9.59 Å². The first-order valence-electron chi connectivity index (χ1n) is 7.12. The maximum absolute atomic E-state index is 11.3. The van der Waals surface area contributed by atoms with E-state index < -0.39 is 0 Å². The quantitative estimate of drug-likeness (QED) is 0.422. The molecular weight excluding hydrogens is 262 g/mol. The van der Waals surface area contributed by atoms with Crippen molar-refractivity contribution in [1.29, 1.82) is 0 Å². The van der Waals surface area contributed by atoms with Gasteiger partial charge in [-0.2, -0.15) is 0 Å². The van der Waals surface area contributed by atoms with Gasteiger partial charge in [-0.3, -0.25) is 9.59 Å². The summed E-state index contributed by atoms with van der Waals surface area (Å²) >= 11 is 0. The fourth-order valence-corrected chi connectivity index (χ4v) is 1.53. The normalized spacial score (nSPS) is 9.70. The topological polar surface area (TPSA) is 108 Å². The summed E-state index contributed by atoms with van der Waals surface area (Å²) in [6.07, 6.45) is 6.15. The Kier molecular flexibility index (Phi) is 16.8. The SMILES string of the molecule is CCCCOC(=O)CCCCCCC(=O)OCCO.N. The molecule has 0 saturated carbocycles. The maximum atomic E-state index is 11.3. The highest BCUT2D eigenvalue weighted by atomic mass is 16.5. The van der Waals surface area contributed by atoms with Crippen LogP contribution in [0.4, 0.5) is 0 Å². The molecule has 0 fully saturated rings. The van der Waals surface area contributed by atoms with Crippen molar-refractivity contribution in [3.05, 3.63) is 0 Å². The van der Waals surface area contributed by atoms with Crippen molar-refractivity contribution in [1.82, 2.24) is 6.15 Å². The Bertz CT molecular complexity index is 246. The van der Waals surface area contributed by atoms with Crippen LogP contribution in [0.1, 0.15) is 58.3 Å². The standard InChI is InChI=1S/C14H26O5.H3N/c1-2-3-11-18-13(16)8-6-4-5-7-9-14(17)19-12-10-15;/h15H,2-12H2,1H3;1H3. The number of hydrogen-bond donors (Lipinski definition) is 2. The number of aliphatic hydroxyl groups excluding tert-OH is 1. The van der Waals surface area contributed by atoms with Gasteiger partial charge in [0, 0.05) is 12.8 Å². The van der Waals surface area contributed by atoms with E-state index in [1.807, 2.05) is 0 Å². The molecule has 0 radical (unpaired) electrons. The van der Waals surface area contributed by atoms with E-state index in [4.69, 9.17) is 14.6 Å². The Morgan fingerprint density at radius 1 is 0.850 bits per heavy atom. The summed E-state index contributed by atoms with van der Waals surface area (Å²) in [4.78, 5) is 22.3. The molecule has 20 heavy (non-hydrogen) atoms. The van der Waals surface area contributed by atoms with Crippen LogP contribution in [0.25, 0.3) is 0 Å². The first kappa shape index (κ1) is 21.2. The van der Waals surface area contributed by atoms with Gasteiger partial charge in [0.2, 0.25) is 0 Å². The van der Waals surface area contributed by atoms with E-state index >= 15 is 0 Å². The van der Waals surface area contributed by atoms with Crippen LogP contribution in [-0.4, -0.2) is 36.9 Å². The lowest BCUT2D eigenvalue weighted by Gasteiger charge is -2.04. The average molecular weight is 291 g/mol. The van der Waals surface area contributed by atoms with Crippen LogP contribution in [0.3, 0.4) is 0 Å². The van der Waals surface area contributed by atoms with Gasteiger partial charge in [0.15, 0.2) is 0 Å². The van der Waals surface area contributed by atoms with Crippen molar-refractivity contribution in [2.45, 2.75) is 58.3 Å². The molecule has 0 atom stereocenters. The highest BCUT2D eigenvalue weighted by Gasteiger charge is 2.04. The molecule has 0 rings (SSSR count). The van der Waals surface area contributed by atoms with E-state index in [1.165, 1.54) is 0 Å². The van der Waals surface area contributed by atoms with Crippen molar-refractivity contribution in [3.63, 3.8) is 0 Å². The largest absolute Gasteiger partial charge is 0.466 e. The lowest BCUT2D eigenvalue weighted by atomic mass is 10.1. The summed E-state index contributed by atoms with van der Waals surface area (Å²) in [5.74, 6) is -0.399. The van der Waals surface area contributed by atoms with Gasteiger partial charge in [0.1, 0.15) is 6.61 Å². The number of ether oxygens (including phenoxy) is 2. The molecule has 120 valence electrons. The molecular formula is C14H29NO5. The zero-order chi connectivity index (χ0) is 14.3. The summed E-state index contributed by atoms with van der Waals surface area (Å²) < 4.78 is 9.76. The zero-order valence-corrected chi connectivity index (χ0v) is 12.6. The monoisotopic (exact) mass is 291 g/mol. The van der Waals surface area contributed by atoms with E-state index in [0.717, 1.165) is 38.5 Å². The van der Waals surface area contributed by atoms with Gasteiger partial charge in [-0.25, -0.2) is 0 Å². The van der Waals surface area contributed by atoms with E-state index in [-0.39, 0.29) is 31.3 Å². The minimum Gasteiger partial charge on any atom is -0.466 e. The fourth-order valence-electron chi connectivity index (χ4n) is 1.53. The smallest absolute Gasteiger partial charge is 0.305 e. The van der Waals surface area contributed by atoms with Gasteiger partial charge < -0.3 is 20.7 Å². The van der Waals surface area contributed by atoms with Crippen LogP contribution in [-0.2, 0) is 19.1 Å². The summed E-state index contributed by atoms with van der Waals surface area (Å²) in [5, 5.41) is 8.47. The van der Waals surface area contributed by atoms with Crippen molar-refractivity contribution in [2.75, 3.05) is 19.8 Å². The lowest BCUT2D eigenvalue weighted by Crippen LogP contribution is -2.08. The lowest BCUT2D eigenvalue weighted by molar-refractivity contribution is -0.145. The van der Waals surface area contributed by atoms with Crippen LogP contribution >= 0.6 is 0 Å². The molecule has 0 aliphatic carbocycles. The second kappa shape index (κ2) is 15.9. The number of esters is 2. The number of rotatable bonds is 12. The number of unbranched alkanes of at least 4 members (excludes halogenated alkanes) is 4. The first-order chi connectivity index (χ1) is 9.20. The Morgan fingerprint density at radius 3 is 1.80 bits per heavy atom. The molecule has 0 unspecified atom stereocenters. The third-order valence-corrected chi connectivity index (χ3v) is 2.63. The van der Waals surface area contributed by atoms with Crippen LogP contribution in [0.15, 0.2) is 0 Å². The second-order valence-electron chi connectivity index (χ2n) is 4.43. The Hall–Kier alpha value is -1.14. The van der Waals surface area contributed by atoms with Crippen molar-refractivity contribution in [2.24, 2.45) is 0 Å². The van der Waals surface area contributed by atoms with Gasteiger partial charge in [0.25, 0.3) is 0 Å². The molecule has 0 spiro atoms. The van der Waals surface area contributed by atoms with Gasteiger partial charge in [0.05, 0.1) is 13.2 Å². The van der Waals surface area contributed by atoms with Gasteiger partial charge in [-0.1, -0.05) is 26.2 Å². The number of carbonyl (C=O) groups is 2. The second-order valence-corrected chi connectivity index (χ2v) is 4.43. The summed E-state index contributed by atoms with van der Waals surface area (Å²) in [5.41, 5.74) is 0. The van der Waals surface area contributed by atoms with Gasteiger partial charge >= 0.3 is 11.9 Å². The van der Waals surface area contributed by atoms with Gasteiger partial charge in [-0.15, -0.1) is 0 Å². The summed E-state index contributed by atoms with van der Waals surface area (Å²) in [7, 11) is 0. The molecule has 6 nitrogen and oxygen atoms in total. The number of aliphatic hydroxyl groups is 1. The maximum Gasteiger partial charge on any atom is 0.305 e. The molecule has 0 aromatic rings. The van der Waals surface area contributed by atoms with E-state index in [2.05, 4.69) is 6.92 Å².